The Kier molecular flexibility index (Phi) is 4.73. The lowest BCUT2D eigenvalue weighted by atomic mass is 10.4. The van der Waals surface area contributed by atoms with E-state index in [1.54, 1.807) is 18.3 Å². The van der Waals surface area contributed by atoms with E-state index in [1.165, 1.54) is 11.4 Å². The van der Waals surface area contributed by atoms with Crippen molar-refractivity contribution in [1.82, 2.24) is 4.98 Å². The Labute approximate surface area is 105 Å². The molecule has 1 aromatic heterocycles. The van der Waals surface area contributed by atoms with E-state index in [4.69, 9.17) is 0 Å². The lowest BCUT2D eigenvalue weighted by Crippen LogP contribution is -2.29. The second-order valence-corrected chi connectivity index (χ2v) is 6.51. The molecule has 0 aliphatic carbocycles. The zero-order valence-electron chi connectivity index (χ0n) is 9.35. The maximum Gasteiger partial charge on any atom is 0.236 e. The molecule has 0 bridgehead atoms. The Hall–Kier alpha value is -0.620. The van der Waals surface area contributed by atoms with Crippen LogP contribution in [0.5, 0.6) is 0 Å². The Morgan fingerprint density at radius 3 is 2.62 bits per heavy atom. The molecule has 0 saturated carbocycles. The fourth-order valence-corrected chi connectivity index (χ4v) is 2.72. The average molecular weight is 307 g/mol. The minimum Gasteiger partial charge on any atom is -0.257 e. The molecule has 0 unspecified atom stereocenters. The number of rotatable bonds is 5. The van der Waals surface area contributed by atoms with E-state index in [9.17, 15) is 8.42 Å². The van der Waals surface area contributed by atoms with Gasteiger partial charge in [0.05, 0.1) is 5.75 Å². The number of aromatic nitrogens is 1. The van der Waals surface area contributed by atoms with Crippen LogP contribution in [0.3, 0.4) is 0 Å². The Morgan fingerprint density at radius 2 is 2.12 bits per heavy atom. The van der Waals surface area contributed by atoms with Crippen LogP contribution in [-0.4, -0.2) is 26.2 Å². The molecule has 0 saturated heterocycles. The molecular weight excluding hydrogens is 292 g/mol. The fourth-order valence-electron chi connectivity index (χ4n) is 1.16. The van der Waals surface area contributed by atoms with Gasteiger partial charge in [-0.1, -0.05) is 13.3 Å². The lowest BCUT2D eigenvalue weighted by Gasteiger charge is -2.17. The Balaban J connectivity index is 2.84. The minimum absolute atomic E-state index is 0.164. The summed E-state index contributed by atoms with van der Waals surface area (Å²) in [6.07, 6.45) is 3.12. The molecule has 1 aromatic rings. The molecule has 0 aromatic carbocycles. The smallest absolute Gasteiger partial charge is 0.236 e. The van der Waals surface area contributed by atoms with Crippen LogP contribution < -0.4 is 4.31 Å². The predicted molar refractivity (Wildman–Crippen MR) is 69.0 cm³/mol. The first-order valence-corrected chi connectivity index (χ1v) is 7.45. The SMILES string of the molecule is CCCCS(=O)(=O)N(C)c1ccc(Br)cn1. The first-order chi connectivity index (χ1) is 7.47. The van der Waals surface area contributed by atoms with Crippen molar-refractivity contribution in [1.29, 1.82) is 0 Å². The third-order valence-electron chi connectivity index (χ3n) is 2.21. The number of anilines is 1. The normalized spacial score (nSPS) is 11.4. The first-order valence-electron chi connectivity index (χ1n) is 5.05. The fraction of sp³-hybridized carbons (Fsp3) is 0.500. The standard InChI is InChI=1S/C10H15BrN2O2S/c1-3-4-7-16(14,15)13(2)10-6-5-9(11)8-12-10/h5-6,8H,3-4,7H2,1-2H3. The van der Waals surface area contributed by atoms with Crippen molar-refractivity contribution in [2.24, 2.45) is 0 Å². The molecule has 0 atom stereocenters. The predicted octanol–water partition coefficient (Wildman–Crippen LogP) is 2.41. The highest BCUT2D eigenvalue weighted by Crippen LogP contribution is 2.16. The molecule has 4 nitrogen and oxygen atoms in total. The molecule has 0 spiro atoms. The van der Waals surface area contributed by atoms with Gasteiger partial charge in [0.1, 0.15) is 5.82 Å². The third kappa shape index (κ3) is 3.45. The quantitative estimate of drug-likeness (QED) is 0.839. The maximum absolute atomic E-state index is 11.8. The van der Waals surface area contributed by atoms with E-state index in [1.807, 2.05) is 6.92 Å². The largest absolute Gasteiger partial charge is 0.257 e. The van der Waals surface area contributed by atoms with Gasteiger partial charge in [-0.15, -0.1) is 0 Å². The average Bonchev–Trinajstić information content (AvgIpc) is 2.26. The maximum atomic E-state index is 11.8. The molecule has 0 aliphatic heterocycles. The molecule has 0 fully saturated rings. The van der Waals surface area contributed by atoms with Gasteiger partial charge in [0.25, 0.3) is 0 Å². The van der Waals surface area contributed by atoms with Gasteiger partial charge in [0, 0.05) is 17.7 Å². The summed E-state index contributed by atoms with van der Waals surface area (Å²) in [5, 5.41) is 0. The minimum atomic E-state index is -3.23. The van der Waals surface area contributed by atoms with Gasteiger partial charge < -0.3 is 0 Å². The summed E-state index contributed by atoms with van der Waals surface area (Å²) < 4.78 is 25.8. The van der Waals surface area contributed by atoms with Gasteiger partial charge >= 0.3 is 0 Å². The van der Waals surface area contributed by atoms with Crippen molar-refractivity contribution in [3.63, 3.8) is 0 Å². The van der Waals surface area contributed by atoms with Gasteiger partial charge in [-0.3, -0.25) is 4.31 Å². The monoisotopic (exact) mass is 306 g/mol. The summed E-state index contributed by atoms with van der Waals surface area (Å²) in [5.41, 5.74) is 0. The summed E-state index contributed by atoms with van der Waals surface area (Å²) in [7, 11) is -1.70. The number of halogens is 1. The van der Waals surface area contributed by atoms with Crippen molar-refractivity contribution in [3.05, 3.63) is 22.8 Å². The van der Waals surface area contributed by atoms with Gasteiger partial charge in [-0.05, 0) is 34.5 Å². The van der Waals surface area contributed by atoms with Crippen LogP contribution in [0.4, 0.5) is 5.82 Å². The zero-order valence-corrected chi connectivity index (χ0v) is 11.8. The molecular formula is C10H15BrN2O2S. The van der Waals surface area contributed by atoms with E-state index in [-0.39, 0.29) is 5.75 Å². The van der Waals surface area contributed by atoms with Crippen LogP contribution in [0, 0.1) is 0 Å². The van der Waals surface area contributed by atoms with E-state index in [0.717, 1.165) is 10.9 Å². The van der Waals surface area contributed by atoms with Gasteiger partial charge in [0.15, 0.2) is 0 Å². The van der Waals surface area contributed by atoms with Crippen molar-refractivity contribution >= 4 is 31.8 Å². The molecule has 16 heavy (non-hydrogen) atoms. The van der Waals surface area contributed by atoms with Crippen LogP contribution in [0.2, 0.25) is 0 Å². The number of hydrogen-bond acceptors (Lipinski definition) is 3. The van der Waals surface area contributed by atoms with Gasteiger partial charge in [-0.2, -0.15) is 0 Å². The Morgan fingerprint density at radius 1 is 1.44 bits per heavy atom. The summed E-state index contributed by atoms with van der Waals surface area (Å²) in [4.78, 5) is 4.05. The van der Waals surface area contributed by atoms with Crippen LogP contribution in [0.15, 0.2) is 22.8 Å². The molecule has 0 N–H and O–H groups in total. The highest BCUT2D eigenvalue weighted by molar-refractivity contribution is 9.10. The van der Waals surface area contributed by atoms with Crippen LogP contribution in [-0.2, 0) is 10.0 Å². The van der Waals surface area contributed by atoms with Crippen molar-refractivity contribution < 1.29 is 8.42 Å². The summed E-state index contributed by atoms with van der Waals surface area (Å²) in [5.74, 6) is 0.608. The molecule has 0 aliphatic rings. The highest BCUT2D eigenvalue weighted by atomic mass is 79.9. The van der Waals surface area contributed by atoms with E-state index in [2.05, 4.69) is 20.9 Å². The van der Waals surface area contributed by atoms with Crippen molar-refractivity contribution in [2.75, 3.05) is 17.1 Å². The summed E-state index contributed by atoms with van der Waals surface area (Å²) in [6.45, 7) is 1.97. The lowest BCUT2D eigenvalue weighted by molar-refractivity contribution is 0.590. The Bertz CT molecular complexity index is 431. The molecule has 6 heteroatoms. The molecule has 1 heterocycles. The van der Waals surface area contributed by atoms with Crippen LogP contribution >= 0.6 is 15.9 Å². The number of nitrogens with zero attached hydrogens (tertiary/aromatic N) is 2. The third-order valence-corrected chi connectivity index (χ3v) is 4.50. The van der Waals surface area contributed by atoms with Crippen LogP contribution in [0.25, 0.3) is 0 Å². The second-order valence-electron chi connectivity index (χ2n) is 3.47. The van der Waals surface area contributed by atoms with Crippen LogP contribution in [0.1, 0.15) is 19.8 Å². The molecule has 90 valence electrons. The van der Waals surface area contributed by atoms with Gasteiger partial charge in [0.2, 0.25) is 10.0 Å². The van der Waals surface area contributed by atoms with Crippen molar-refractivity contribution in [2.45, 2.75) is 19.8 Å². The van der Waals surface area contributed by atoms with E-state index < -0.39 is 10.0 Å². The number of unbranched alkanes of at least 4 members (excludes halogenated alkanes) is 1. The molecule has 0 amide bonds. The number of pyridine rings is 1. The first kappa shape index (κ1) is 13.4. The zero-order chi connectivity index (χ0) is 12.2. The van der Waals surface area contributed by atoms with E-state index in [0.29, 0.717) is 12.2 Å². The number of hydrogen-bond donors (Lipinski definition) is 0. The van der Waals surface area contributed by atoms with Crippen molar-refractivity contribution in [3.8, 4) is 0 Å². The summed E-state index contributed by atoms with van der Waals surface area (Å²) >= 11 is 3.26. The topological polar surface area (TPSA) is 50.3 Å². The summed E-state index contributed by atoms with van der Waals surface area (Å²) in [6, 6.07) is 3.45. The molecule has 1 rings (SSSR count). The highest BCUT2D eigenvalue weighted by Gasteiger charge is 2.18. The number of sulfonamides is 1. The molecule has 0 radical (unpaired) electrons. The van der Waals surface area contributed by atoms with Gasteiger partial charge in [-0.25, -0.2) is 13.4 Å². The second kappa shape index (κ2) is 5.63. The van der Waals surface area contributed by atoms with E-state index >= 15 is 0 Å².